The molecule has 0 saturated heterocycles. The van der Waals surface area contributed by atoms with E-state index in [2.05, 4.69) is 4.72 Å². The van der Waals surface area contributed by atoms with Gasteiger partial charge in [-0.25, -0.2) is 12.8 Å². The maximum atomic E-state index is 13.3. The van der Waals surface area contributed by atoms with Crippen molar-refractivity contribution in [3.8, 4) is 0 Å². The van der Waals surface area contributed by atoms with Gasteiger partial charge in [0.2, 0.25) is 10.0 Å². The molecule has 0 saturated carbocycles. The molecule has 2 aromatic rings. The number of amides is 1. The lowest BCUT2D eigenvalue weighted by molar-refractivity contribution is -0.122. The van der Waals surface area contributed by atoms with Gasteiger partial charge < -0.3 is 9.64 Å². The first-order valence-electron chi connectivity index (χ1n) is 8.55. The molecule has 1 aliphatic rings. The molecule has 1 N–H and O–H groups in total. The first kappa shape index (κ1) is 19.3. The Hall–Kier alpha value is -2.45. The van der Waals surface area contributed by atoms with E-state index in [0.717, 1.165) is 24.1 Å². The predicted molar refractivity (Wildman–Crippen MR) is 102 cm³/mol. The maximum Gasteiger partial charge on any atom is 0.252 e. The van der Waals surface area contributed by atoms with E-state index in [4.69, 9.17) is 4.74 Å². The van der Waals surface area contributed by atoms with Crippen LogP contribution in [0.3, 0.4) is 0 Å². The summed E-state index contributed by atoms with van der Waals surface area (Å²) in [4.78, 5) is 13.8. The van der Waals surface area contributed by atoms with Crippen molar-refractivity contribution in [2.45, 2.75) is 18.6 Å². The number of benzene rings is 2. The zero-order chi connectivity index (χ0) is 19.4. The van der Waals surface area contributed by atoms with Crippen LogP contribution in [0.5, 0.6) is 0 Å². The number of hydrogen-bond donors (Lipinski definition) is 1. The van der Waals surface area contributed by atoms with Gasteiger partial charge in [-0.15, -0.1) is 0 Å². The minimum absolute atomic E-state index is 0.00144. The van der Waals surface area contributed by atoms with Gasteiger partial charge in [0, 0.05) is 25.0 Å². The SMILES string of the molecule is COCC(=O)N1CCCc2cc(NS(=O)(=O)Cc3cccc(F)c3)ccc21. The summed E-state index contributed by atoms with van der Waals surface area (Å²) in [6.07, 6.45) is 1.55. The van der Waals surface area contributed by atoms with Crippen LogP contribution in [0, 0.1) is 5.82 Å². The second-order valence-electron chi connectivity index (χ2n) is 6.42. The van der Waals surface area contributed by atoms with Crippen LogP contribution in [0.1, 0.15) is 17.5 Å². The number of halogens is 1. The topological polar surface area (TPSA) is 75.7 Å². The van der Waals surface area contributed by atoms with Crippen LogP contribution in [0.15, 0.2) is 42.5 Å². The Morgan fingerprint density at radius 2 is 2.07 bits per heavy atom. The summed E-state index contributed by atoms with van der Waals surface area (Å²) in [6.45, 7) is 0.612. The van der Waals surface area contributed by atoms with E-state index < -0.39 is 15.8 Å². The number of nitrogens with one attached hydrogen (secondary N) is 1. The third-order valence-corrected chi connectivity index (χ3v) is 5.55. The number of sulfonamides is 1. The molecule has 0 aliphatic carbocycles. The van der Waals surface area contributed by atoms with Crippen molar-refractivity contribution in [1.29, 1.82) is 0 Å². The smallest absolute Gasteiger partial charge is 0.252 e. The Morgan fingerprint density at radius 3 is 2.81 bits per heavy atom. The predicted octanol–water partition coefficient (Wildman–Crippen LogP) is 2.69. The van der Waals surface area contributed by atoms with Gasteiger partial charge in [0.05, 0.1) is 5.75 Å². The monoisotopic (exact) mass is 392 g/mol. The minimum Gasteiger partial charge on any atom is -0.375 e. The summed E-state index contributed by atoms with van der Waals surface area (Å²) in [6, 6.07) is 10.6. The van der Waals surface area contributed by atoms with Crippen molar-refractivity contribution in [2.75, 3.05) is 29.9 Å². The number of aryl methyl sites for hydroxylation is 1. The number of hydrogen-bond acceptors (Lipinski definition) is 4. The molecule has 8 heteroatoms. The third-order valence-electron chi connectivity index (χ3n) is 4.29. The van der Waals surface area contributed by atoms with Gasteiger partial charge in [-0.1, -0.05) is 12.1 Å². The maximum absolute atomic E-state index is 13.3. The molecule has 0 aromatic heterocycles. The van der Waals surface area contributed by atoms with Gasteiger partial charge >= 0.3 is 0 Å². The molecule has 0 fully saturated rings. The fourth-order valence-electron chi connectivity index (χ4n) is 3.18. The number of rotatable bonds is 6. The van der Waals surface area contributed by atoms with Gasteiger partial charge in [0.25, 0.3) is 5.91 Å². The molecule has 3 rings (SSSR count). The number of ether oxygens (including phenoxy) is 1. The number of fused-ring (bicyclic) bond motifs is 1. The molecule has 0 radical (unpaired) electrons. The highest BCUT2D eigenvalue weighted by Crippen LogP contribution is 2.30. The lowest BCUT2D eigenvalue weighted by Gasteiger charge is -2.29. The first-order chi connectivity index (χ1) is 12.9. The Balaban J connectivity index is 1.77. The second-order valence-corrected chi connectivity index (χ2v) is 8.14. The summed E-state index contributed by atoms with van der Waals surface area (Å²) in [5, 5.41) is 0. The molecule has 1 aliphatic heterocycles. The fraction of sp³-hybridized carbons (Fsp3) is 0.316. The summed E-state index contributed by atoms with van der Waals surface area (Å²) in [5.74, 6) is -0.921. The minimum atomic E-state index is -3.69. The zero-order valence-electron chi connectivity index (χ0n) is 14.9. The molecule has 0 unspecified atom stereocenters. The van der Waals surface area contributed by atoms with Crippen LogP contribution in [0.4, 0.5) is 15.8 Å². The molecule has 0 spiro atoms. The Labute approximate surface area is 158 Å². The standard InChI is InChI=1S/C19H21FN2O4S/c1-26-12-19(23)22-9-3-5-15-11-17(7-8-18(15)22)21-27(24,25)13-14-4-2-6-16(20)10-14/h2,4,6-8,10-11,21H,3,5,9,12-13H2,1H3. The summed E-state index contributed by atoms with van der Waals surface area (Å²) >= 11 is 0. The number of anilines is 2. The highest BCUT2D eigenvalue weighted by molar-refractivity contribution is 7.91. The largest absolute Gasteiger partial charge is 0.375 e. The highest BCUT2D eigenvalue weighted by atomic mass is 32.2. The average Bonchev–Trinajstić information content (AvgIpc) is 2.60. The van der Waals surface area contributed by atoms with E-state index in [1.807, 2.05) is 0 Å². The van der Waals surface area contributed by atoms with Crippen LogP contribution in [-0.2, 0) is 31.7 Å². The van der Waals surface area contributed by atoms with Gasteiger partial charge in [0.1, 0.15) is 12.4 Å². The molecule has 1 heterocycles. The van der Waals surface area contributed by atoms with Crippen molar-refractivity contribution in [3.63, 3.8) is 0 Å². The zero-order valence-corrected chi connectivity index (χ0v) is 15.8. The van der Waals surface area contributed by atoms with Gasteiger partial charge in [-0.3, -0.25) is 9.52 Å². The molecule has 6 nitrogen and oxygen atoms in total. The van der Waals surface area contributed by atoms with Crippen molar-refractivity contribution in [3.05, 3.63) is 59.4 Å². The van der Waals surface area contributed by atoms with Gasteiger partial charge in [0.15, 0.2) is 0 Å². The normalized spacial score (nSPS) is 13.9. The Morgan fingerprint density at radius 1 is 1.26 bits per heavy atom. The molecule has 1 amide bonds. The number of nitrogens with zero attached hydrogens (tertiary/aromatic N) is 1. The third kappa shape index (κ3) is 4.84. The second kappa shape index (κ2) is 8.06. The van der Waals surface area contributed by atoms with Gasteiger partial charge in [-0.05, 0) is 54.3 Å². The van der Waals surface area contributed by atoms with E-state index in [1.54, 1.807) is 29.2 Å². The number of methoxy groups -OCH3 is 1. The molecule has 27 heavy (non-hydrogen) atoms. The molecule has 2 aromatic carbocycles. The average molecular weight is 392 g/mol. The molecule has 0 bridgehead atoms. The molecule has 144 valence electrons. The van der Waals surface area contributed by atoms with Crippen LogP contribution in [0.2, 0.25) is 0 Å². The summed E-state index contributed by atoms with van der Waals surface area (Å²) < 4.78 is 45.5. The van der Waals surface area contributed by atoms with Gasteiger partial charge in [-0.2, -0.15) is 0 Å². The van der Waals surface area contributed by atoms with E-state index in [1.165, 1.54) is 25.3 Å². The Kier molecular flexibility index (Phi) is 5.76. The quantitative estimate of drug-likeness (QED) is 0.820. The van der Waals surface area contributed by atoms with E-state index in [-0.39, 0.29) is 18.3 Å². The van der Waals surface area contributed by atoms with Crippen molar-refractivity contribution >= 4 is 27.3 Å². The van der Waals surface area contributed by atoms with E-state index in [0.29, 0.717) is 17.8 Å². The molecular weight excluding hydrogens is 371 g/mol. The lowest BCUT2D eigenvalue weighted by atomic mass is 10.0. The lowest BCUT2D eigenvalue weighted by Crippen LogP contribution is -2.37. The number of carbonyl (C=O) groups excluding carboxylic acids is 1. The highest BCUT2D eigenvalue weighted by Gasteiger charge is 2.23. The fourth-order valence-corrected chi connectivity index (χ4v) is 4.36. The van der Waals surface area contributed by atoms with E-state index in [9.17, 15) is 17.6 Å². The number of carbonyl (C=O) groups is 1. The van der Waals surface area contributed by atoms with Crippen molar-refractivity contribution in [2.24, 2.45) is 0 Å². The van der Waals surface area contributed by atoms with Crippen LogP contribution in [0.25, 0.3) is 0 Å². The summed E-state index contributed by atoms with van der Waals surface area (Å²) in [7, 11) is -2.22. The van der Waals surface area contributed by atoms with Crippen LogP contribution in [-0.4, -0.2) is 34.6 Å². The van der Waals surface area contributed by atoms with Crippen molar-refractivity contribution < 1.29 is 22.3 Å². The van der Waals surface area contributed by atoms with E-state index >= 15 is 0 Å². The first-order valence-corrected chi connectivity index (χ1v) is 10.2. The van der Waals surface area contributed by atoms with Crippen LogP contribution >= 0.6 is 0 Å². The molecule has 0 atom stereocenters. The summed E-state index contributed by atoms with van der Waals surface area (Å²) in [5.41, 5.74) is 2.47. The van der Waals surface area contributed by atoms with Crippen LogP contribution < -0.4 is 9.62 Å². The Bertz CT molecular complexity index is 946. The molecular formula is C19H21FN2O4S. The van der Waals surface area contributed by atoms with Crippen molar-refractivity contribution in [1.82, 2.24) is 0 Å².